The fraction of sp³-hybridized carbons (Fsp3) is 0.143. The summed E-state index contributed by atoms with van der Waals surface area (Å²) in [5.74, 6) is 0. The zero-order chi connectivity index (χ0) is 18.3. The van der Waals surface area contributed by atoms with Crippen molar-refractivity contribution in [2.45, 2.75) is 17.2 Å². The molecule has 0 fully saturated rings. The van der Waals surface area contributed by atoms with Gasteiger partial charge in [-0.05, 0) is 17.2 Å². The molecule has 24 heavy (non-hydrogen) atoms. The van der Waals surface area contributed by atoms with E-state index in [0.29, 0.717) is 12.1 Å². The lowest BCUT2D eigenvalue weighted by Gasteiger charge is -2.21. The van der Waals surface area contributed by atoms with Crippen molar-refractivity contribution in [3.63, 3.8) is 0 Å². The third-order valence-electron chi connectivity index (χ3n) is 3.13. The number of primary sulfonamides is 1. The molecule has 0 saturated heterocycles. The first-order valence-corrected chi connectivity index (χ1v) is 7.77. The normalized spacial score (nSPS) is 13.1. The Morgan fingerprint density at radius 3 is 1.67 bits per heavy atom. The van der Waals surface area contributed by atoms with Gasteiger partial charge in [0, 0.05) is 0 Å². The van der Waals surface area contributed by atoms with Crippen molar-refractivity contribution in [1.29, 1.82) is 0 Å². The zero-order valence-corrected chi connectivity index (χ0v) is 12.4. The summed E-state index contributed by atoms with van der Waals surface area (Å²) in [6.07, 6.45) is -11.0. The van der Waals surface area contributed by atoms with E-state index >= 15 is 0 Å². The molecule has 130 valence electrons. The Balaban J connectivity index is 3.02. The number of hydrogen-bond donors (Lipinski definition) is 1. The Morgan fingerprint density at radius 2 is 1.25 bits per heavy atom. The Hall–Kier alpha value is -2.07. The highest BCUT2D eigenvalue weighted by Gasteiger charge is 2.48. The van der Waals surface area contributed by atoms with E-state index in [2.05, 4.69) is 5.14 Å². The lowest BCUT2D eigenvalue weighted by Crippen LogP contribution is -2.24. The molecule has 0 atom stereocenters. The van der Waals surface area contributed by atoms with E-state index in [1.807, 2.05) is 0 Å². The SMILES string of the molecule is NS(=O)(=O)c1ccc(-c2ccccc2)c(C(F)(F)F)c1C(F)(F)F. The number of rotatable bonds is 2. The van der Waals surface area contributed by atoms with Gasteiger partial charge in [-0.2, -0.15) is 26.3 Å². The number of benzene rings is 2. The smallest absolute Gasteiger partial charge is 0.225 e. The topological polar surface area (TPSA) is 60.2 Å². The van der Waals surface area contributed by atoms with Crippen LogP contribution in [-0.4, -0.2) is 8.42 Å². The summed E-state index contributed by atoms with van der Waals surface area (Å²) in [6, 6.07) is 7.61. The average Bonchev–Trinajstić information content (AvgIpc) is 2.44. The van der Waals surface area contributed by atoms with E-state index in [4.69, 9.17) is 0 Å². The maximum Gasteiger partial charge on any atom is 0.418 e. The minimum absolute atomic E-state index is 0.142. The van der Waals surface area contributed by atoms with Crippen LogP contribution < -0.4 is 5.14 Å². The van der Waals surface area contributed by atoms with Crippen LogP contribution in [0.2, 0.25) is 0 Å². The van der Waals surface area contributed by atoms with Crippen LogP contribution in [0.15, 0.2) is 47.4 Å². The number of sulfonamides is 1. The van der Waals surface area contributed by atoms with E-state index in [1.165, 1.54) is 30.3 Å². The third-order valence-corrected chi connectivity index (χ3v) is 4.08. The maximum absolute atomic E-state index is 13.4. The van der Waals surface area contributed by atoms with Gasteiger partial charge in [-0.1, -0.05) is 36.4 Å². The summed E-state index contributed by atoms with van der Waals surface area (Å²) >= 11 is 0. The molecule has 0 aliphatic rings. The second-order valence-electron chi connectivity index (χ2n) is 4.77. The monoisotopic (exact) mass is 369 g/mol. The molecule has 0 aromatic heterocycles. The Labute approximate surface area is 132 Å². The molecule has 0 spiro atoms. The van der Waals surface area contributed by atoms with E-state index in [-0.39, 0.29) is 5.56 Å². The van der Waals surface area contributed by atoms with Gasteiger partial charge in [0.1, 0.15) is 0 Å². The van der Waals surface area contributed by atoms with Crippen molar-refractivity contribution in [1.82, 2.24) is 0 Å². The number of halogens is 6. The molecule has 0 heterocycles. The van der Waals surface area contributed by atoms with Gasteiger partial charge in [0.05, 0.1) is 16.0 Å². The molecule has 2 rings (SSSR count). The molecule has 0 radical (unpaired) electrons. The van der Waals surface area contributed by atoms with Crippen molar-refractivity contribution in [2.24, 2.45) is 5.14 Å². The highest BCUT2D eigenvalue weighted by atomic mass is 32.2. The molecular formula is C14H9F6NO2S. The summed E-state index contributed by atoms with van der Waals surface area (Å²) in [5.41, 5.74) is -5.34. The van der Waals surface area contributed by atoms with Gasteiger partial charge in [-0.3, -0.25) is 0 Å². The van der Waals surface area contributed by atoms with Gasteiger partial charge in [0.15, 0.2) is 0 Å². The summed E-state index contributed by atoms with van der Waals surface area (Å²) in [7, 11) is -5.02. The van der Waals surface area contributed by atoms with E-state index < -0.39 is 44.0 Å². The van der Waals surface area contributed by atoms with Crippen LogP contribution >= 0.6 is 0 Å². The zero-order valence-electron chi connectivity index (χ0n) is 11.6. The molecule has 2 aromatic rings. The van der Waals surface area contributed by atoms with Crippen molar-refractivity contribution in [3.8, 4) is 11.1 Å². The second kappa shape index (κ2) is 5.78. The van der Waals surface area contributed by atoms with Crippen molar-refractivity contribution < 1.29 is 34.8 Å². The quantitative estimate of drug-likeness (QED) is 0.813. The number of alkyl halides is 6. The fourth-order valence-corrected chi connectivity index (χ4v) is 3.01. The lowest BCUT2D eigenvalue weighted by molar-refractivity contribution is -0.163. The van der Waals surface area contributed by atoms with Crippen molar-refractivity contribution in [3.05, 3.63) is 53.6 Å². The van der Waals surface area contributed by atoms with Gasteiger partial charge in [0.25, 0.3) is 0 Å². The molecule has 0 aliphatic heterocycles. The van der Waals surface area contributed by atoms with E-state index in [0.717, 1.165) is 0 Å². The summed E-state index contributed by atoms with van der Waals surface area (Å²) in [6.45, 7) is 0. The molecule has 3 nitrogen and oxygen atoms in total. The standard InChI is InChI=1S/C14H9F6NO2S/c15-13(16,17)11-9(8-4-2-1-3-5-8)6-7-10(24(21,22)23)12(11)14(18,19)20/h1-7H,(H2,21,22,23). The predicted molar refractivity (Wildman–Crippen MR) is 73.3 cm³/mol. The van der Waals surface area contributed by atoms with Gasteiger partial charge < -0.3 is 0 Å². The van der Waals surface area contributed by atoms with Gasteiger partial charge >= 0.3 is 12.4 Å². The summed E-state index contributed by atoms with van der Waals surface area (Å²) in [5, 5.41) is 4.66. The first-order chi connectivity index (χ1) is 10.8. The van der Waals surface area contributed by atoms with Crippen molar-refractivity contribution in [2.75, 3.05) is 0 Å². The van der Waals surface area contributed by atoms with Crippen LogP contribution in [0.1, 0.15) is 11.1 Å². The molecule has 2 aromatic carbocycles. The minimum Gasteiger partial charge on any atom is -0.225 e. The molecule has 0 aliphatic carbocycles. The summed E-state index contributed by atoms with van der Waals surface area (Å²) in [4.78, 5) is -1.62. The molecule has 0 saturated carbocycles. The first kappa shape index (κ1) is 18.3. The molecule has 2 N–H and O–H groups in total. The molecular weight excluding hydrogens is 360 g/mol. The second-order valence-corrected chi connectivity index (χ2v) is 6.30. The van der Waals surface area contributed by atoms with Crippen LogP contribution in [0.25, 0.3) is 11.1 Å². The molecule has 10 heteroatoms. The van der Waals surface area contributed by atoms with E-state index in [1.54, 1.807) is 0 Å². The van der Waals surface area contributed by atoms with E-state index in [9.17, 15) is 34.8 Å². The number of hydrogen-bond acceptors (Lipinski definition) is 2. The van der Waals surface area contributed by atoms with Crippen LogP contribution in [-0.2, 0) is 22.4 Å². The first-order valence-electron chi connectivity index (χ1n) is 6.23. The molecule has 0 unspecified atom stereocenters. The van der Waals surface area contributed by atoms with Crippen LogP contribution in [0, 0.1) is 0 Å². The van der Waals surface area contributed by atoms with Crippen LogP contribution in [0.4, 0.5) is 26.3 Å². The largest absolute Gasteiger partial charge is 0.418 e. The van der Waals surface area contributed by atoms with Gasteiger partial charge in [0.2, 0.25) is 10.0 Å². The minimum atomic E-state index is -5.57. The van der Waals surface area contributed by atoms with Gasteiger partial charge in [-0.15, -0.1) is 0 Å². The maximum atomic E-state index is 13.4. The molecule has 0 bridgehead atoms. The fourth-order valence-electron chi connectivity index (χ4n) is 2.25. The van der Waals surface area contributed by atoms with Crippen LogP contribution in [0.5, 0.6) is 0 Å². The Bertz CT molecular complexity index is 857. The average molecular weight is 369 g/mol. The highest BCUT2D eigenvalue weighted by molar-refractivity contribution is 7.89. The Kier molecular flexibility index (Phi) is 4.40. The number of nitrogens with two attached hydrogens (primary N) is 1. The third kappa shape index (κ3) is 3.54. The highest BCUT2D eigenvalue weighted by Crippen LogP contribution is 2.47. The van der Waals surface area contributed by atoms with Crippen LogP contribution in [0.3, 0.4) is 0 Å². The summed E-state index contributed by atoms with van der Waals surface area (Å²) < 4.78 is 102. The lowest BCUT2D eigenvalue weighted by atomic mass is 9.94. The molecule has 0 amide bonds. The Morgan fingerprint density at radius 1 is 0.750 bits per heavy atom. The van der Waals surface area contributed by atoms with Crippen molar-refractivity contribution >= 4 is 10.0 Å². The predicted octanol–water partition coefficient (Wildman–Crippen LogP) is 4.04. The van der Waals surface area contributed by atoms with Gasteiger partial charge in [-0.25, -0.2) is 13.6 Å².